The van der Waals surface area contributed by atoms with Crippen molar-refractivity contribution < 1.29 is 19.2 Å². The van der Waals surface area contributed by atoms with Gasteiger partial charge in [-0.1, -0.05) is 17.2 Å². The molecule has 0 atom stereocenters. The fourth-order valence-electron chi connectivity index (χ4n) is 3.02. The van der Waals surface area contributed by atoms with Crippen LogP contribution < -0.4 is 0 Å². The van der Waals surface area contributed by atoms with Crippen molar-refractivity contribution in [1.29, 1.82) is 0 Å². The fourth-order valence-corrected chi connectivity index (χ4v) is 3.02. The Kier molecular flexibility index (Phi) is 3.36. The van der Waals surface area contributed by atoms with E-state index in [1.54, 1.807) is 43.8 Å². The van der Waals surface area contributed by atoms with E-state index in [0.29, 0.717) is 27.5 Å². The van der Waals surface area contributed by atoms with Crippen molar-refractivity contribution in [3.05, 3.63) is 58.4 Å². The van der Waals surface area contributed by atoms with E-state index in [2.05, 4.69) is 10.1 Å². The van der Waals surface area contributed by atoms with E-state index in [0.717, 1.165) is 0 Å². The van der Waals surface area contributed by atoms with Gasteiger partial charge in [0.2, 0.25) is 0 Å². The van der Waals surface area contributed by atoms with Gasteiger partial charge in [0.05, 0.1) is 28.1 Å². The van der Waals surface area contributed by atoms with Crippen molar-refractivity contribution in [3.63, 3.8) is 0 Å². The van der Waals surface area contributed by atoms with E-state index in [1.165, 1.54) is 12.1 Å². The lowest BCUT2D eigenvalue weighted by atomic mass is 10.1. The van der Waals surface area contributed by atoms with Crippen LogP contribution >= 0.6 is 0 Å². The first-order valence-electron chi connectivity index (χ1n) is 7.89. The molecular weight excluding hydrogens is 336 g/mol. The Morgan fingerprint density at radius 3 is 2.27 bits per heavy atom. The van der Waals surface area contributed by atoms with Gasteiger partial charge in [-0.15, -0.1) is 0 Å². The third-order valence-corrected chi connectivity index (χ3v) is 4.34. The minimum absolute atomic E-state index is 0.171. The lowest BCUT2D eigenvalue weighted by Gasteiger charge is -2.13. The molecule has 0 bridgehead atoms. The molecule has 0 spiro atoms. The number of hydroxylamine groups is 2. The number of aryl methyl sites for hydroxylation is 3. The van der Waals surface area contributed by atoms with E-state index in [1.807, 2.05) is 0 Å². The van der Waals surface area contributed by atoms with Crippen LogP contribution in [0.3, 0.4) is 0 Å². The monoisotopic (exact) mass is 350 g/mol. The maximum Gasteiger partial charge on any atom is 0.365 e. The van der Waals surface area contributed by atoms with Crippen LogP contribution in [0.5, 0.6) is 0 Å². The zero-order chi connectivity index (χ0) is 18.6. The van der Waals surface area contributed by atoms with E-state index >= 15 is 0 Å². The molecule has 0 unspecified atom stereocenters. The summed E-state index contributed by atoms with van der Waals surface area (Å²) in [6, 6.07) is 7.92. The predicted octanol–water partition coefficient (Wildman–Crippen LogP) is 1.95. The van der Waals surface area contributed by atoms with Gasteiger partial charge in [-0.3, -0.25) is 14.3 Å². The number of benzene rings is 1. The van der Waals surface area contributed by atoms with Gasteiger partial charge in [0.25, 0.3) is 11.8 Å². The van der Waals surface area contributed by atoms with Crippen LogP contribution in [0.2, 0.25) is 0 Å². The molecule has 4 rings (SSSR count). The van der Waals surface area contributed by atoms with Gasteiger partial charge in [0.1, 0.15) is 0 Å². The van der Waals surface area contributed by atoms with Gasteiger partial charge < -0.3 is 4.84 Å². The molecule has 1 aliphatic heterocycles. The summed E-state index contributed by atoms with van der Waals surface area (Å²) in [7, 11) is 1.76. The molecule has 2 aromatic heterocycles. The quantitative estimate of drug-likeness (QED) is 0.656. The predicted molar refractivity (Wildman–Crippen MR) is 90.3 cm³/mol. The molecule has 3 heterocycles. The number of aromatic nitrogens is 3. The molecule has 0 aliphatic carbocycles. The largest absolute Gasteiger partial charge is 0.365 e. The molecule has 8 nitrogen and oxygen atoms in total. The highest BCUT2D eigenvalue weighted by atomic mass is 16.7. The average molecular weight is 350 g/mol. The lowest BCUT2D eigenvalue weighted by molar-refractivity contribution is -0.0585. The Labute approximate surface area is 147 Å². The van der Waals surface area contributed by atoms with Crippen molar-refractivity contribution in [3.8, 4) is 0 Å². The number of amides is 2. The number of imide groups is 1. The number of carbonyl (C=O) groups is 3. The minimum atomic E-state index is -0.824. The number of nitrogens with zero attached hydrogens (tertiary/aromatic N) is 4. The summed E-state index contributed by atoms with van der Waals surface area (Å²) >= 11 is 0. The SMILES string of the molecule is Cc1nc2c(cc1C(=O)ON1C(=O)c3ccccc3C1=O)c(C)nn2C. The van der Waals surface area contributed by atoms with Crippen LogP contribution in [-0.2, 0) is 11.9 Å². The Morgan fingerprint density at radius 1 is 1.04 bits per heavy atom. The van der Waals surface area contributed by atoms with Crippen molar-refractivity contribution in [2.75, 3.05) is 0 Å². The van der Waals surface area contributed by atoms with Gasteiger partial charge in [-0.25, -0.2) is 9.78 Å². The maximum atomic E-state index is 12.6. The molecule has 3 aromatic rings. The van der Waals surface area contributed by atoms with Crippen LogP contribution in [0, 0.1) is 13.8 Å². The van der Waals surface area contributed by atoms with Gasteiger partial charge in [-0.05, 0) is 32.0 Å². The molecule has 2 amide bonds. The third kappa shape index (κ3) is 2.19. The Balaban J connectivity index is 1.69. The van der Waals surface area contributed by atoms with Gasteiger partial charge >= 0.3 is 5.97 Å². The molecule has 1 aliphatic rings. The van der Waals surface area contributed by atoms with Crippen LogP contribution in [-0.4, -0.2) is 37.6 Å². The summed E-state index contributed by atoms with van der Waals surface area (Å²) in [6.45, 7) is 3.46. The van der Waals surface area contributed by atoms with E-state index in [9.17, 15) is 14.4 Å². The van der Waals surface area contributed by atoms with Crippen molar-refractivity contribution in [2.24, 2.45) is 7.05 Å². The second-order valence-electron chi connectivity index (χ2n) is 6.03. The average Bonchev–Trinajstić information content (AvgIpc) is 3.03. The molecule has 0 radical (unpaired) electrons. The second-order valence-corrected chi connectivity index (χ2v) is 6.03. The zero-order valence-corrected chi connectivity index (χ0v) is 14.3. The molecule has 0 saturated heterocycles. The molecule has 1 aromatic carbocycles. The summed E-state index contributed by atoms with van der Waals surface area (Å²) in [5, 5.41) is 5.46. The number of hydrogen-bond donors (Lipinski definition) is 0. The number of fused-ring (bicyclic) bond motifs is 2. The highest BCUT2D eigenvalue weighted by molar-refractivity contribution is 6.21. The Bertz CT molecular complexity index is 1080. The number of rotatable bonds is 2. The van der Waals surface area contributed by atoms with Crippen LogP contribution in [0.25, 0.3) is 11.0 Å². The Hall–Kier alpha value is -3.55. The molecule has 0 fully saturated rings. The van der Waals surface area contributed by atoms with Gasteiger partial charge in [0, 0.05) is 12.4 Å². The molecule has 130 valence electrons. The maximum absolute atomic E-state index is 12.6. The summed E-state index contributed by atoms with van der Waals surface area (Å²) in [4.78, 5) is 46.7. The van der Waals surface area contributed by atoms with Crippen molar-refractivity contribution in [2.45, 2.75) is 13.8 Å². The van der Waals surface area contributed by atoms with Crippen LogP contribution in [0.15, 0.2) is 30.3 Å². The number of pyridine rings is 1. The van der Waals surface area contributed by atoms with Crippen molar-refractivity contribution in [1.82, 2.24) is 19.8 Å². The highest BCUT2D eigenvalue weighted by Gasteiger charge is 2.39. The fraction of sp³-hybridized carbons (Fsp3) is 0.167. The molecule has 26 heavy (non-hydrogen) atoms. The van der Waals surface area contributed by atoms with E-state index in [4.69, 9.17) is 4.84 Å². The normalized spacial score (nSPS) is 13.4. The summed E-state index contributed by atoms with van der Waals surface area (Å²) < 4.78 is 1.62. The third-order valence-electron chi connectivity index (χ3n) is 4.34. The van der Waals surface area contributed by atoms with E-state index < -0.39 is 17.8 Å². The highest BCUT2D eigenvalue weighted by Crippen LogP contribution is 2.25. The van der Waals surface area contributed by atoms with Crippen LogP contribution in [0.4, 0.5) is 0 Å². The first-order valence-corrected chi connectivity index (χ1v) is 7.89. The van der Waals surface area contributed by atoms with Gasteiger partial charge in [-0.2, -0.15) is 5.10 Å². The first kappa shape index (κ1) is 15.9. The van der Waals surface area contributed by atoms with E-state index in [-0.39, 0.29) is 16.7 Å². The number of carbonyl (C=O) groups excluding carboxylic acids is 3. The molecule has 0 saturated carbocycles. The smallest absolute Gasteiger partial charge is 0.324 e. The summed E-state index contributed by atoms with van der Waals surface area (Å²) in [5.41, 5.74) is 2.35. The zero-order valence-electron chi connectivity index (χ0n) is 14.3. The topological polar surface area (TPSA) is 94.4 Å². The Morgan fingerprint density at radius 2 is 1.65 bits per heavy atom. The molecule has 0 N–H and O–H groups in total. The lowest BCUT2D eigenvalue weighted by Crippen LogP contribution is -2.33. The van der Waals surface area contributed by atoms with Crippen LogP contribution in [0.1, 0.15) is 42.5 Å². The minimum Gasteiger partial charge on any atom is -0.324 e. The summed E-state index contributed by atoms with van der Waals surface area (Å²) in [6.07, 6.45) is 0. The number of hydrogen-bond acceptors (Lipinski definition) is 6. The van der Waals surface area contributed by atoms with Crippen molar-refractivity contribution >= 4 is 28.8 Å². The molecular formula is C18H14N4O4. The summed E-state index contributed by atoms with van der Waals surface area (Å²) in [5.74, 6) is -2.15. The first-order chi connectivity index (χ1) is 12.4. The van der Waals surface area contributed by atoms with Gasteiger partial charge in [0.15, 0.2) is 5.65 Å². The standard InChI is InChI=1S/C18H14N4O4/c1-9-14(8-13-10(2)20-21(3)15(13)19-9)18(25)26-22-16(23)11-6-4-5-7-12(11)17(22)24/h4-8H,1-3H3. The molecule has 8 heteroatoms. The second kappa shape index (κ2) is 5.48.